The summed E-state index contributed by atoms with van der Waals surface area (Å²) in [6.45, 7) is 0. The van der Waals surface area contributed by atoms with Crippen LogP contribution in [0.15, 0.2) is 57.3 Å². The Kier molecular flexibility index (Phi) is 6.29. The molecule has 9 heteroatoms. The molecule has 1 heterocycles. The lowest BCUT2D eigenvalue weighted by atomic mass is 10.3. The number of carbonyl (C=O) groups is 1. The summed E-state index contributed by atoms with van der Waals surface area (Å²) in [5, 5.41) is 7.75. The van der Waals surface area contributed by atoms with Crippen LogP contribution in [0, 0.1) is 3.95 Å². The van der Waals surface area contributed by atoms with Crippen molar-refractivity contribution in [3.8, 4) is 5.69 Å². The fourth-order valence-electron chi connectivity index (χ4n) is 1.96. The first-order valence-electron chi connectivity index (χ1n) is 7.06. The van der Waals surface area contributed by atoms with Crippen molar-refractivity contribution in [3.63, 3.8) is 0 Å². The molecule has 1 amide bonds. The van der Waals surface area contributed by atoms with Gasteiger partial charge in [0.25, 0.3) is 0 Å². The Morgan fingerprint density at radius 3 is 2.80 bits per heavy atom. The Hall–Kier alpha value is -1.19. The normalized spacial score (nSPS) is 10.6. The molecule has 1 N–H and O–H groups in total. The molecule has 0 fully saturated rings. The molecule has 0 aliphatic heterocycles. The summed E-state index contributed by atoms with van der Waals surface area (Å²) < 4.78 is 3.94. The highest BCUT2D eigenvalue weighted by molar-refractivity contribution is 9.10. The van der Waals surface area contributed by atoms with E-state index >= 15 is 0 Å². The number of thioether (sulfide) groups is 1. The molecule has 0 saturated heterocycles. The summed E-state index contributed by atoms with van der Waals surface area (Å²) in [4.78, 5) is 12.1. The van der Waals surface area contributed by atoms with E-state index in [9.17, 15) is 4.79 Å². The average molecular weight is 473 g/mol. The lowest BCUT2D eigenvalue weighted by Crippen LogP contribution is -2.14. The smallest absolute Gasteiger partial charge is 0.234 e. The van der Waals surface area contributed by atoms with Crippen molar-refractivity contribution < 1.29 is 4.79 Å². The zero-order valence-electron chi connectivity index (χ0n) is 12.6. The summed E-state index contributed by atoms with van der Waals surface area (Å²) in [6, 6.07) is 15.0. The molecule has 128 valence electrons. The molecule has 0 saturated carbocycles. The third-order valence-electron chi connectivity index (χ3n) is 3.06. The Bertz CT molecular complexity index is 959. The molecule has 0 aliphatic rings. The first kappa shape index (κ1) is 18.6. The van der Waals surface area contributed by atoms with Crippen LogP contribution in [0.2, 0.25) is 5.02 Å². The summed E-state index contributed by atoms with van der Waals surface area (Å²) in [6.07, 6.45) is 0. The van der Waals surface area contributed by atoms with E-state index in [1.807, 2.05) is 36.4 Å². The van der Waals surface area contributed by atoms with E-state index in [0.717, 1.165) is 14.5 Å². The second-order valence-electron chi connectivity index (χ2n) is 4.84. The molecule has 4 nitrogen and oxygen atoms in total. The van der Waals surface area contributed by atoms with E-state index < -0.39 is 0 Å². The van der Waals surface area contributed by atoms with Crippen molar-refractivity contribution in [2.75, 3.05) is 11.1 Å². The fraction of sp³-hybridized carbons (Fsp3) is 0.0625. The molecular weight excluding hydrogens is 462 g/mol. The van der Waals surface area contributed by atoms with Gasteiger partial charge in [-0.05, 0) is 42.5 Å². The largest absolute Gasteiger partial charge is 0.324 e. The summed E-state index contributed by atoms with van der Waals surface area (Å²) >= 11 is 17.5. The number of anilines is 1. The van der Waals surface area contributed by atoms with Crippen molar-refractivity contribution in [2.24, 2.45) is 0 Å². The van der Waals surface area contributed by atoms with E-state index in [0.29, 0.717) is 14.7 Å². The van der Waals surface area contributed by atoms with E-state index in [2.05, 4.69) is 26.3 Å². The first-order chi connectivity index (χ1) is 12.0. The van der Waals surface area contributed by atoms with E-state index in [1.54, 1.807) is 16.8 Å². The molecule has 2 aromatic carbocycles. The number of nitrogens with zero attached hydrogens (tertiary/aromatic N) is 2. The van der Waals surface area contributed by atoms with Crippen molar-refractivity contribution in [1.29, 1.82) is 0 Å². The maximum Gasteiger partial charge on any atom is 0.234 e. The Morgan fingerprint density at radius 1 is 1.32 bits per heavy atom. The van der Waals surface area contributed by atoms with Crippen LogP contribution in [0.3, 0.4) is 0 Å². The minimum Gasteiger partial charge on any atom is -0.324 e. The van der Waals surface area contributed by atoms with Crippen molar-refractivity contribution in [1.82, 2.24) is 9.78 Å². The molecule has 0 atom stereocenters. The SMILES string of the molecule is O=C(CSc1nn(-c2ccccc2)c(=S)s1)Nc1ccc(Br)cc1Cl. The minimum atomic E-state index is -0.151. The molecule has 0 spiro atoms. The first-order valence-corrected chi connectivity index (χ1v) is 10.4. The number of carbonyl (C=O) groups excluding carboxylic acids is 1. The maximum atomic E-state index is 12.1. The monoisotopic (exact) mass is 471 g/mol. The van der Waals surface area contributed by atoms with Gasteiger partial charge in [0, 0.05) is 4.47 Å². The summed E-state index contributed by atoms with van der Waals surface area (Å²) in [5.74, 6) is 0.0744. The van der Waals surface area contributed by atoms with Gasteiger partial charge in [0.1, 0.15) is 0 Å². The molecular formula is C16H11BrClN3OS3. The molecule has 0 aliphatic carbocycles. The highest BCUT2D eigenvalue weighted by Crippen LogP contribution is 2.27. The molecule has 0 radical (unpaired) electrons. The van der Waals surface area contributed by atoms with Gasteiger partial charge in [-0.3, -0.25) is 4.79 Å². The standard InChI is InChI=1S/C16H11BrClN3OS3/c17-10-6-7-13(12(18)8-10)19-14(22)9-24-15-20-21(16(23)25-15)11-4-2-1-3-5-11/h1-8H,9H2,(H,19,22). The zero-order chi connectivity index (χ0) is 17.8. The van der Waals surface area contributed by atoms with Gasteiger partial charge in [0.2, 0.25) is 5.91 Å². The lowest BCUT2D eigenvalue weighted by molar-refractivity contribution is -0.113. The number of benzene rings is 2. The lowest BCUT2D eigenvalue weighted by Gasteiger charge is -2.06. The van der Waals surface area contributed by atoms with Crippen molar-refractivity contribution >= 4 is 74.4 Å². The maximum absolute atomic E-state index is 12.1. The second kappa shape index (κ2) is 8.46. The van der Waals surface area contributed by atoms with Crippen LogP contribution >= 0.6 is 62.8 Å². The number of nitrogens with one attached hydrogen (secondary N) is 1. The Labute approximate surface area is 171 Å². The quantitative estimate of drug-likeness (QED) is 0.376. The number of aromatic nitrogens is 2. The van der Waals surface area contributed by atoms with Gasteiger partial charge < -0.3 is 5.32 Å². The average Bonchev–Trinajstić information content (AvgIpc) is 2.97. The summed E-state index contributed by atoms with van der Waals surface area (Å²) in [7, 11) is 0. The predicted molar refractivity (Wildman–Crippen MR) is 111 cm³/mol. The Balaban J connectivity index is 1.64. The van der Waals surface area contributed by atoms with E-state index in [1.165, 1.54) is 23.1 Å². The second-order valence-corrected chi connectivity index (χ2v) is 9.01. The Morgan fingerprint density at radius 2 is 2.08 bits per heavy atom. The van der Waals surface area contributed by atoms with Gasteiger partial charge in [0.05, 0.1) is 22.2 Å². The van der Waals surface area contributed by atoms with Crippen LogP contribution < -0.4 is 5.32 Å². The van der Waals surface area contributed by atoms with Crippen LogP contribution in [0.1, 0.15) is 0 Å². The van der Waals surface area contributed by atoms with Gasteiger partial charge in [-0.25, -0.2) is 4.68 Å². The predicted octanol–water partition coefficient (Wildman–Crippen LogP) is 5.81. The third-order valence-corrected chi connectivity index (χ3v) is 6.23. The van der Waals surface area contributed by atoms with Crippen LogP contribution in [-0.4, -0.2) is 21.4 Å². The number of para-hydroxylation sites is 1. The topological polar surface area (TPSA) is 46.9 Å². The summed E-state index contributed by atoms with van der Waals surface area (Å²) in [5.41, 5.74) is 1.49. The molecule has 25 heavy (non-hydrogen) atoms. The van der Waals surface area contributed by atoms with Crippen LogP contribution in [0.5, 0.6) is 0 Å². The molecule has 3 rings (SSSR count). The van der Waals surface area contributed by atoms with Gasteiger partial charge in [0.15, 0.2) is 8.29 Å². The van der Waals surface area contributed by atoms with Gasteiger partial charge in [-0.15, -0.1) is 5.10 Å². The number of halogens is 2. The van der Waals surface area contributed by atoms with Crippen LogP contribution in [0.4, 0.5) is 5.69 Å². The van der Waals surface area contributed by atoms with Crippen molar-refractivity contribution in [2.45, 2.75) is 4.34 Å². The minimum absolute atomic E-state index is 0.151. The van der Waals surface area contributed by atoms with Gasteiger partial charge >= 0.3 is 0 Å². The van der Waals surface area contributed by atoms with Crippen molar-refractivity contribution in [3.05, 3.63) is 62.0 Å². The van der Waals surface area contributed by atoms with Gasteiger partial charge in [-0.1, -0.05) is 68.8 Å². The number of hydrogen-bond donors (Lipinski definition) is 1. The zero-order valence-corrected chi connectivity index (χ0v) is 17.4. The van der Waals surface area contributed by atoms with Crippen LogP contribution in [-0.2, 0) is 4.79 Å². The number of hydrogen-bond acceptors (Lipinski definition) is 5. The molecule has 1 aromatic heterocycles. The molecule has 0 unspecified atom stereocenters. The fourth-order valence-corrected chi connectivity index (χ4v) is 4.84. The molecule has 0 bridgehead atoms. The van der Waals surface area contributed by atoms with Crippen LogP contribution in [0.25, 0.3) is 5.69 Å². The number of amides is 1. The highest BCUT2D eigenvalue weighted by Gasteiger charge is 2.10. The highest BCUT2D eigenvalue weighted by atomic mass is 79.9. The van der Waals surface area contributed by atoms with E-state index in [-0.39, 0.29) is 11.7 Å². The van der Waals surface area contributed by atoms with Gasteiger partial charge in [-0.2, -0.15) is 0 Å². The third kappa shape index (κ3) is 4.92. The van der Waals surface area contributed by atoms with E-state index in [4.69, 9.17) is 23.8 Å². The molecule has 3 aromatic rings. The number of rotatable bonds is 5.